The van der Waals surface area contributed by atoms with Crippen LogP contribution in [-0.2, 0) is 9.53 Å². The van der Waals surface area contributed by atoms with Crippen LogP contribution in [0.5, 0.6) is 0 Å². The van der Waals surface area contributed by atoms with Gasteiger partial charge in [-0.1, -0.05) is 12.8 Å². The van der Waals surface area contributed by atoms with Crippen LogP contribution in [0.3, 0.4) is 0 Å². The number of likely N-dealkylation sites (tertiary alicyclic amines) is 1. The minimum Gasteiger partial charge on any atom is -0.450 e. The first-order valence-electron chi connectivity index (χ1n) is 6.37. The van der Waals surface area contributed by atoms with E-state index in [-0.39, 0.29) is 18.3 Å². The first-order chi connectivity index (χ1) is 9.16. The molecule has 0 atom stereocenters. The van der Waals surface area contributed by atoms with E-state index in [1.54, 1.807) is 11.0 Å². The molecule has 104 valence electrons. The van der Waals surface area contributed by atoms with E-state index in [1.807, 2.05) is 0 Å². The highest BCUT2D eigenvalue weighted by molar-refractivity contribution is 9.10. The number of hydrogen-bond donors (Lipinski definition) is 0. The van der Waals surface area contributed by atoms with Crippen molar-refractivity contribution in [2.45, 2.75) is 25.7 Å². The fourth-order valence-corrected chi connectivity index (χ4v) is 2.34. The average Bonchev–Trinajstić information content (AvgIpc) is 2.68. The summed E-state index contributed by atoms with van der Waals surface area (Å²) in [5.41, 5.74) is 0. The minimum absolute atomic E-state index is 0.0931. The molecule has 1 aliphatic heterocycles. The van der Waals surface area contributed by atoms with Crippen molar-refractivity contribution in [1.29, 1.82) is 0 Å². The molecule has 1 aliphatic rings. The van der Waals surface area contributed by atoms with Gasteiger partial charge in [0.25, 0.3) is 5.91 Å². The van der Waals surface area contributed by atoms with E-state index in [2.05, 4.69) is 15.9 Å². The van der Waals surface area contributed by atoms with Crippen molar-refractivity contribution in [2.24, 2.45) is 0 Å². The van der Waals surface area contributed by atoms with Gasteiger partial charge in [0.15, 0.2) is 11.3 Å². The molecule has 1 saturated heterocycles. The van der Waals surface area contributed by atoms with Gasteiger partial charge in [-0.05, 0) is 40.9 Å². The molecule has 2 rings (SSSR count). The molecule has 0 radical (unpaired) electrons. The largest absolute Gasteiger partial charge is 0.450 e. The summed E-state index contributed by atoms with van der Waals surface area (Å²) in [6.07, 6.45) is 4.35. The highest BCUT2D eigenvalue weighted by Crippen LogP contribution is 2.15. The Balaban J connectivity index is 1.81. The van der Waals surface area contributed by atoms with Crippen LogP contribution in [0.15, 0.2) is 21.2 Å². The topological polar surface area (TPSA) is 59.8 Å². The standard InChI is InChI=1S/C13H16BrNO4/c14-11-6-5-10(19-11)13(17)18-9-12(16)15-7-3-1-2-4-8-15/h5-6H,1-4,7-9H2. The maximum absolute atomic E-state index is 11.9. The van der Waals surface area contributed by atoms with Crippen molar-refractivity contribution in [2.75, 3.05) is 19.7 Å². The Bertz CT molecular complexity index is 449. The number of hydrogen-bond acceptors (Lipinski definition) is 4. The third kappa shape index (κ3) is 4.09. The Morgan fingerprint density at radius 1 is 1.21 bits per heavy atom. The number of rotatable bonds is 3. The monoisotopic (exact) mass is 329 g/mol. The van der Waals surface area contributed by atoms with Gasteiger partial charge >= 0.3 is 5.97 Å². The van der Waals surface area contributed by atoms with E-state index in [9.17, 15) is 9.59 Å². The van der Waals surface area contributed by atoms with Crippen LogP contribution in [0, 0.1) is 0 Å². The highest BCUT2D eigenvalue weighted by atomic mass is 79.9. The Morgan fingerprint density at radius 3 is 2.47 bits per heavy atom. The summed E-state index contributed by atoms with van der Waals surface area (Å²) < 4.78 is 10.5. The molecule has 1 aromatic heterocycles. The molecular formula is C13H16BrNO4. The molecule has 0 spiro atoms. The number of esters is 1. The number of furan rings is 1. The van der Waals surface area contributed by atoms with E-state index in [4.69, 9.17) is 9.15 Å². The van der Waals surface area contributed by atoms with E-state index in [0.717, 1.165) is 38.8 Å². The molecule has 1 fully saturated rings. The van der Waals surface area contributed by atoms with E-state index >= 15 is 0 Å². The van der Waals surface area contributed by atoms with Gasteiger partial charge in [0.05, 0.1) is 0 Å². The van der Waals surface area contributed by atoms with Gasteiger partial charge in [-0.15, -0.1) is 0 Å². The van der Waals surface area contributed by atoms with Crippen molar-refractivity contribution in [3.05, 3.63) is 22.6 Å². The summed E-state index contributed by atoms with van der Waals surface area (Å²) in [4.78, 5) is 25.3. The number of halogens is 1. The molecule has 5 nitrogen and oxygen atoms in total. The van der Waals surface area contributed by atoms with Crippen molar-refractivity contribution in [3.63, 3.8) is 0 Å². The lowest BCUT2D eigenvalue weighted by Gasteiger charge is -2.19. The van der Waals surface area contributed by atoms with Crippen molar-refractivity contribution in [1.82, 2.24) is 4.90 Å². The molecule has 2 heterocycles. The Hall–Kier alpha value is -1.30. The molecule has 1 aromatic rings. The summed E-state index contributed by atoms with van der Waals surface area (Å²) in [7, 11) is 0. The van der Waals surface area contributed by atoms with Crippen molar-refractivity contribution in [3.8, 4) is 0 Å². The predicted octanol–water partition coefficient (Wildman–Crippen LogP) is 2.60. The molecule has 0 aromatic carbocycles. The summed E-state index contributed by atoms with van der Waals surface area (Å²) in [5.74, 6) is -0.662. The van der Waals surface area contributed by atoms with Crippen LogP contribution in [0.4, 0.5) is 0 Å². The van der Waals surface area contributed by atoms with Gasteiger partial charge in [-0.25, -0.2) is 4.79 Å². The van der Waals surface area contributed by atoms with Crippen LogP contribution in [-0.4, -0.2) is 36.5 Å². The fraction of sp³-hybridized carbons (Fsp3) is 0.538. The van der Waals surface area contributed by atoms with Gasteiger partial charge in [0, 0.05) is 13.1 Å². The lowest BCUT2D eigenvalue weighted by molar-refractivity contribution is -0.134. The average molecular weight is 330 g/mol. The SMILES string of the molecule is O=C(OCC(=O)N1CCCCCC1)c1ccc(Br)o1. The molecular weight excluding hydrogens is 314 g/mol. The molecule has 6 heteroatoms. The highest BCUT2D eigenvalue weighted by Gasteiger charge is 2.19. The van der Waals surface area contributed by atoms with Crippen LogP contribution in [0.25, 0.3) is 0 Å². The lowest BCUT2D eigenvalue weighted by Crippen LogP contribution is -2.35. The molecule has 0 saturated carbocycles. The molecule has 0 unspecified atom stereocenters. The second-order valence-corrected chi connectivity index (χ2v) is 5.26. The Kier molecular flexibility index (Phi) is 5.01. The first kappa shape index (κ1) is 14.1. The zero-order valence-electron chi connectivity index (χ0n) is 10.6. The molecule has 19 heavy (non-hydrogen) atoms. The number of carbonyl (C=O) groups excluding carboxylic acids is 2. The fourth-order valence-electron chi connectivity index (χ4n) is 2.03. The van der Waals surface area contributed by atoms with Crippen LogP contribution < -0.4 is 0 Å². The zero-order valence-corrected chi connectivity index (χ0v) is 12.1. The first-order valence-corrected chi connectivity index (χ1v) is 7.16. The minimum atomic E-state index is -0.617. The quantitative estimate of drug-likeness (QED) is 0.800. The van der Waals surface area contributed by atoms with E-state index in [0.29, 0.717) is 4.67 Å². The van der Waals surface area contributed by atoms with Crippen molar-refractivity contribution >= 4 is 27.8 Å². The molecule has 0 N–H and O–H groups in total. The van der Waals surface area contributed by atoms with Crippen LogP contribution in [0.1, 0.15) is 36.2 Å². The van der Waals surface area contributed by atoms with Gasteiger partial charge in [-0.3, -0.25) is 4.79 Å². The van der Waals surface area contributed by atoms with Gasteiger partial charge in [-0.2, -0.15) is 0 Å². The van der Waals surface area contributed by atoms with E-state index < -0.39 is 5.97 Å². The van der Waals surface area contributed by atoms with E-state index in [1.165, 1.54) is 6.07 Å². The normalized spacial score (nSPS) is 15.9. The number of ether oxygens (including phenoxy) is 1. The summed E-state index contributed by atoms with van der Waals surface area (Å²) in [6.45, 7) is 1.28. The summed E-state index contributed by atoms with van der Waals surface area (Å²) in [5, 5.41) is 0. The number of amides is 1. The smallest absolute Gasteiger partial charge is 0.374 e. The maximum atomic E-state index is 11.9. The Labute approximate surface area is 120 Å². The summed E-state index contributed by atoms with van der Waals surface area (Å²) >= 11 is 3.10. The van der Waals surface area contributed by atoms with Gasteiger partial charge in [0.1, 0.15) is 0 Å². The number of carbonyl (C=O) groups is 2. The third-order valence-corrected chi connectivity index (χ3v) is 3.49. The second kappa shape index (κ2) is 6.75. The van der Waals surface area contributed by atoms with Gasteiger partial charge in [0.2, 0.25) is 5.76 Å². The zero-order chi connectivity index (χ0) is 13.7. The molecule has 1 amide bonds. The third-order valence-electron chi connectivity index (χ3n) is 3.06. The molecule has 0 aliphatic carbocycles. The van der Waals surface area contributed by atoms with Crippen LogP contribution >= 0.6 is 15.9 Å². The van der Waals surface area contributed by atoms with Crippen molar-refractivity contribution < 1.29 is 18.7 Å². The lowest BCUT2D eigenvalue weighted by atomic mass is 10.2. The Morgan fingerprint density at radius 2 is 1.89 bits per heavy atom. The van der Waals surface area contributed by atoms with Crippen LogP contribution in [0.2, 0.25) is 0 Å². The summed E-state index contributed by atoms with van der Waals surface area (Å²) in [6, 6.07) is 3.11. The number of nitrogens with zero attached hydrogens (tertiary/aromatic N) is 1. The predicted molar refractivity (Wildman–Crippen MR) is 71.7 cm³/mol. The van der Waals surface area contributed by atoms with Gasteiger partial charge < -0.3 is 14.1 Å². The second-order valence-electron chi connectivity index (χ2n) is 4.47. The maximum Gasteiger partial charge on any atom is 0.374 e. The molecule has 0 bridgehead atoms.